The van der Waals surface area contributed by atoms with Crippen molar-refractivity contribution in [2.24, 2.45) is 0 Å². The summed E-state index contributed by atoms with van der Waals surface area (Å²) < 4.78 is 43.7. The number of anilines is 1. The van der Waals surface area contributed by atoms with Crippen LogP contribution in [0.25, 0.3) is 11.2 Å². The Labute approximate surface area is 196 Å². The van der Waals surface area contributed by atoms with Crippen molar-refractivity contribution in [2.45, 2.75) is 49.8 Å². The minimum absolute atomic E-state index is 0.0589. The van der Waals surface area contributed by atoms with Gasteiger partial charge in [0.2, 0.25) is 0 Å². The van der Waals surface area contributed by atoms with Crippen LogP contribution in [0.2, 0.25) is 0 Å². The van der Waals surface area contributed by atoms with E-state index in [0.717, 1.165) is 13.3 Å². The van der Waals surface area contributed by atoms with Crippen molar-refractivity contribution in [1.82, 2.24) is 19.5 Å². The fourth-order valence-electron chi connectivity index (χ4n) is 3.09. The van der Waals surface area contributed by atoms with Crippen LogP contribution in [0.1, 0.15) is 13.2 Å². The Morgan fingerprint density at radius 1 is 1.11 bits per heavy atom. The van der Waals surface area contributed by atoms with Crippen LogP contribution in [0.5, 0.6) is 0 Å². The Morgan fingerprint density at radius 2 is 1.77 bits per heavy atom. The highest BCUT2D eigenvalue weighted by Crippen LogP contribution is 2.60. The number of phosphoric acid groups is 2. The molecule has 2 unspecified atom stereocenters. The highest BCUT2D eigenvalue weighted by Gasteiger charge is 2.46. The molecule has 1 saturated heterocycles. The van der Waals surface area contributed by atoms with Gasteiger partial charge in [-0.2, -0.15) is 4.31 Å². The molecule has 18 nitrogen and oxygen atoms in total. The Bertz CT molecular complexity index is 1120. The minimum atomic E-state index is -5.30. The second-order valence-corrected chi connectivity index (χ2v) is 10.6. The lowest BCUT2D eigenvalue weighted by Gasteiger charge is -2.22. The number of nitrogens with two attached hydrogens (primary N) is 1. The molecule has 0 aliphatic carbocycles. The third kappa shape index (κ3) is 6.58. The van der Waals surface area contributed by atoms with Gasteiger partial charge in [-0.25, -0.2) is 24.1 Å². The van der Waals surface area contributed by atoms with Crippen molar-refractivity contribution >= 4 is 32.6 Å². The summed E-state index contributed by atoms with van der Waals surface area (Å²) in [7, 11) is -10.6. The largest absolute Gasteiger partial charge is 0.481 e. The van der Waals surface area contributed by atoms with E-state index in [1.54, 1.807) is 0 Å². The molecule has 0 aromatic carbocycles. The van der Waals surface area contributed by atoms with Gasteiger partial charge in [0.25, 0.3) is 0 Å². The van der Waals surface area contributed by atoms with Gasteiger partial charge in [0, 0.05) is 0 Å². The number of nitrogens with zero attached hydrogens (tertiary/aromatic N) is 4. The number of rotatable bonds is 11. The van der Waals surface area contributed by atoms with Crippen molar-refractivity contribution in [3.05, 3.63) is 12.7 Å². The molecule has 1 fully saturated rings. The molecule has 0 saturated carbocycles. The number of nitrogen functional groups attached to an aromatic ring is 1. The number of ether oxygens (including phenoxy) is 1. The topological polar surface area (TPSA) is 282 Å². The maximum atomic E-state index is 12.1. The molecule has 1 aliphatic rings. The normalized spacial score (nSPS) is 28.9. The monoisotopic (exact) mass is 545 g/mol. The molecule has 3 rings (SSSR count). The number of imidazole rings is 1. The Morgan fingerprint density at radius 3 is 2.43 bits per heavy atom. The molecule has 1 aliphatic heterocycles. The van der Waals surface area contributed by atoms with Crippen LogP contribution in [0.3, 0.4) is 0 Å². The molecule has 20 heteroatoms. The predicted octanol–water partition coefficient (Wildman–Crippen LogP) is -2.62. The summed E-state index contributed by atoms with van der Waals surface area (Å²) >= 11 is 0. The molecular weight excluding hydrogens is 520 g/mol. The molecular formula is C15H25N5O13P2. The standard InChI is InChI=1S/C15H25N5O13P2/c1-6(21)10(23)7(22)2-30-34(26,27)33-35(28,29)31-3-8-11(24)12(25)15(32-8)20-5-19-9-13(16)17-4-18-14(9)20/h4-8,10-12,15,21-25H,2-3H2,1H3,(H,26,27)(H,28,29)(H2,16,17,18)/t6-,7+,8+,10-,11+,12+,15+/m0/s1. The van der Waals surface area contributed by atoms with Crippen LogP contribution >= 0.6 is 15.6 Å². The highest BCUT2D eigenvalue weighted by molar-refractivity contribution is 7.61. The van der Waals surface area contributed by atoms with Crippen molar-refractivity contribution in [1.29, 1.82) is 0 Å². The van der Waals surface area contributed by atoms with E-state index in [9.17, 15) is 39.3 Å². The lowest BCUT2D eigenvalue weighted by molar-refractivity contribution is -0.0692. The van der Waals surface area contributed by atoms with E-state index in [0.29, 0.717) is 0 Å². The number of aromatic nitrogens is 4. The van der Waals surface area contributed by atoms with Gasteiger partial charge >= 0.3 is 15.6 Å². The molecule has 35 heavy (non-hydrogen) atoms. The quantitative estimate of drug-likeness (QED) is 0.134. The molecule has 3 heterocycles. The first-order valence-corrected chi connectivity index (χ1v) is 12.9. The zero-order valence-electron chi connectivity index (χ0n) is 18.0. The Kier molecular flexibility index (Phi) is 8.61. The van der Waals surface area contributed by atoms with Gasteiger partial charge in [-0.3, -0.25) is 13.6 Å². The van der Waals surface area contributed by atoms with E-state index in [2.05, 4.69) is 28.3 Å². The van der Waals surface area contributed by atoms with Crippen molar-refractivity contribution in [2.75, 3.05) is 18.9 Å². The van der Waals surface area contributed by atoms with Crippen LogP contribution < -0.4 is 5.73 Å². The third-order valence-corrected chi connectivity index (χ3v) is 7.51. The first-order chi connectivity index (χ1) is 16.2. The summed E-state index contributed by atoms with van der Waals surface area (Å²) in [6.45, 7) is -0.779. The summed E-state index contributed by atoms with van der Waals surface area (Å²) in [5, 5.41) is 48.8. The first-order valence-electron chi connectivity index (χ1n) is 9.87. The fourth-order valence-corrected chi connectivity index (χ4v) is 5.19. The fraction of sp³-hybridized carbons (Fsp3) is 0.667. The Balaban J connectivity index is 1.59. The van der Waals surface area contributed by atoms with Crippen LogP contribution in [-0.4, -0.2) is 105 Å². The van der Waals surface area contributed by atoms with Gasteiger partial charge in [-0.05, 0) is 6.92 Å². The van der Waals surface area contributed by atoms with Crippen molar-refractivity contribution in [3.8, 4) is 0 Å². The molecule has 0 radical (unpaired) electrons. The maximum Gasteiger partial charge on any atom is 0.481 e. The van der Waals surface area contributed by atoms with Crippen LogP contribution in [0.4, 0.5) is 5.82 Å². The maximum absolute atomic E-state index is 12.1. The minimum Gasteiger partial charge on any atom is -0.391 e. The van der Waals surface area contributed by atoms with E-state index in [4.69, 9.17) is 15.6 Å². The lowest BCUT2D eigenvalue weighted by Crippen LogP contribution is -2.38. The second-order valence-electron chi connectivity index (χ2n) is 7.54. The number of aliphatic hydroxyl groups excluding tert-OH is 5. The number of hydrogen-bond acceptors (Lipinski definition) is 15. The summed E-state index contributed by atoms with van der Waals surface area (Å²) in [6.07, 6.45) is -8.45. The van der Waals surface area contributed by atoms with Gasteiger partial charge in [-0.1, -0.05) is 0 Å². The average molecular weight is 545 g/mol. The molecule has 0 spiro atoms. The van der Waals surface area contributed by atoms with Crippen LogP contribution in [-0.2, 0) is 27.2 Å². The van der Waals surface area contributed by atoms with Gasteiger partial charge in [0.05, 0.1) is 25.6 Å². The summed E-state index contributed by atoms with van der Waals surface area (Å²) in [4.78, 5) is 31.1. The summed E-state index contributed by atoms with van der Waals surface area (Å²) in [5.41, 5.74) is 6.08. The summed E-state index contributed by atoms with van der Waals surface area (Å²) in [5.74, 6) is 0.0589. The van der Waals surface area contributed by atoms with E-state index >= 15 is 0 Å². The number of phosphoric ester groups is 2. The van der Waals surface area contributed by atoms with Crippen LogP contribution in [0, 0.1) is 0 Å². The zero-order chi connectivity index (χ0) is 26.1. The molecule has 9 N–H and O–H groups in total. The second kappa shape index (κ2) is 10.8. The molecule has 9 atom stereocenters. The molecule has 0 amide bonds. The first kappa shape index (κ1) is 27.9. The molecule has 198 valence electrons. The lowest BCUT2D eigenvalue weighted by atomic mass is 10.1. The van der Waals surface area contributed by atoms with E-state index in [1.165, 1.54) is 10.9 Å². The molecule has 2 aromatic heterocycles. The van der Waals surface area contributed by atoms with Gasteiger partial charge in [0.1, 0.15) is 42.4 Å². The van der Waals surface area contributed by atoms with E-state index < -0.39 is 71.7 Å². The zero-order valence-corrected chi connectivity index (χ0v) is 19.7. The number of aliphatic hydroxyl groups is 5. The third-order valence-electron chi connectivity index (χ3n) is 4.90. The highest BCUT2D eigenvalue weighted by atomic mass is 31.3. The van der Waals surface area contributed by atoms with E-state index in [1.807, 2.05) is 0 Å². The SMILES string of the molecule is C[C@H](O)[C@H](O)[C@H](O)COP(=O)(O)OP(=O)(O)OC[C@H]1O[C@@H](n2cnc3c(N)ncnc32)[C@H](O)[C@@H]1O. The van der Waals surface area contributed by atoms with Crippen LogP contribution in [0.15, 0.2) is 12.7 Å². The van der Waals surface area contributed by atoms with Gasteiger partial charge in [0.15, 0.2) is 17.7 Å². The van der Waals surface area contributed by atoms with Gasteiger partial charge in [-0.15, -0.1) is 0 Å². The molecule has 0 bridgehead atoms. The predicted molar refractivity (Wildman–Crippen MR) is 112 cm³/mol. The average Bonchev–Trinajstić information content (AvgIpc) is 3.31. The number of hydrogen-bond donors (Lipinski definition) is 8. The summed E-state index contributed by atoms with van der Waals surface area (Å²) in [6, 6.07) is 0. The molecule has 2 aromatic rings. The van der Waals surface area contributed by atoms with Crippen molar-refractivity contribution < 1.29 is 62.5 Å². The van der Waals surface area contributed by atoms with E-state index in [-0.39, 0.29) is 17.0 Å². The smallest absolute Gasteiger partial charge is 0.391 e. The number of fused-ring (bicyclic) bond motifs is 1. The van der Waals surface area contributed by atoms with Gasteiger partial charge < -0.3 is 45.8 Å². The Hall–Kier alpha value is -1.63. The van der Waals surface area contributed by atoms with Crippen molar-refractivity contribution in [3.63, 3.8) is 0 Å².